The van der Waals surface area contributed by atoms with Crippen molar-refractivity contribution in [3.63, 3.8) is 0 Å². The Kier molecular flexibility index (Phi) is 5.16. The van der Waals surface area contributed by atoms with Gasteiger partial charge in [0.05, 0.1) is 18.3 Å². The molecule has 0 aliphatic carbocycles. The molecule has 2 nitrogen and oxygen atoms in total. The molecule has 0 aromatic rings. The van der Waals surface area contributed by atoms with Crippen LogP contribution in [-0.4, -0.2) is 23.4 Å². The Morgan fingerprint density at radius 1 is 1.59 bits per heavy atom. The van der Waals surface area contributed by atoms with E-state index in [4.69, 9.17) is 4.74 Å². The summed E-state index contributed by atoms with van der Waals surface area (Å²) in [5.41, 5.74) is 1.88. The van der Waals surface area contributed by atoms with Crippen molar-refractivity contribution >= 4 is 0 Å². The maximum Gasteiger partial charge on any atom is 0.0800 e. The molecular weight excluding hydrogens is 212 g/mol. The highest BCUT2D eigenvalue weighted by Crippen LogP contribution is 2.22. The fourth-order valence-electron chi connectivity index (χ4n) is 1.88. The number of hydrogen-bond donors (Lipinski definition) is 1. The quantitative estimate of drug-likeness (QED) is 0.741. The van der Waals surface area contributed by atoms with E-state index >= 15 is 0 Å². The Labute approximate surface area is 105 Å². The Bertz CT molecular complexity index is 320. The lowest BCUT2D eigenvalue weighted by Crippen LogP contribution is -2.19. The summed E-state index contributed by atoms with van der Waals surface area (Å²) in [6.07, 6.45) is 8.78. The van der Waals surface area contributed by atoms with Gasteiger partial charge in [0.1, 0.15) is 0 Å². The van der Waals surface area contributed by atoms with Crippen LogP contribution in [0.4, 0.5) is 0 Å². The third-order valence-electron chi connectivity index (χ3n) is 2.99. The minimum atomic E-state index is -0.754. The van der Waals surface area contributed by atoms with E-state index in [0.29, 0.717) is 6.42 Å². The van der Waals surface area contributed by atoms with E-state index in [1.165, 1.54) is 11.1 Å². The van der Waals surface area contributed by atoms with Crippen molar-refractivity contribution in [3.8, 4) is 0 Å². The molecule has 0 radical (unpaired) electrons. The summed E-state index contributed by atoms with van der Waals surface area (Å²) >= 11 is 0. The second kappa shape index (κ2) is 6.18. The summed E-state index contributed by atoms with van der Waals surface area (Å²) < 4.78 is 5.66. The lowest BCUT2D eigenvalue weighted by molar-refractivity contribution is 0.103. The van der Waals surface area contributed by atoms with Gasteiger partial charge in [0.2, 0.25) is 0 Å². The minimum absolute atomic E-state index is 0.242. The number of rotatable bonds is 5. The molecular formula is C15H24O2. The van der Waals surface area contributed by atoms with Crippen molar-refractivity contribution in [2.45, 2.75) is 51.7 Å². The van der Waals surface area contributed by atoms with Gasteiger partial charge in [-0.05, 0) is 39.2 Å². The lowest BCUT2D eigenvalue weighted by Gasteiger charge is -2.16. The zero-order valence-corrected chi connectivity index (χ0v) is 11.2. The molecule has 17 heavy (non-hydrogen) atoms. The van der Waals surface area contributed by atoms with Crippen LogP contribution in [-0.2, 0) is 4.74 Å². The average Bonchev–Trinajstić information content (AvgIpc) is 2.64. The first-order valence-electron chi connectivity index (χ1n) is 6.23. The van der Waals surface area contributed by atoms with E-state index < -0.39 is 5.60 Å². The van der Waals surface area contributed by atoms with Gasteiger partial charge in [-0.15, -0.1) is 6.58 Å². The standard InChI is InChI=1S/C15H24O2/c1-5-15(4,16)8-6-7-13-10-14(17-11-13)9-12(2)3/h5,7,9,14,16H,1,6,8,10-11H2,2-4H3/b13-7+. The van der Waals surface area contributed by atoms with E-state index in [2.05, 4.69) is 32.6 Å². The van der Waals surface area contributed by atoms with Crippen LogP contribution in [0.3, 0.4) is 0 Å². The molecule has 0 amide bonds. The molecule has 1 aliphatic rings. The Morgan fingerprint density at radius 2 is 2.29 bits per heavy atom. The second-order valence-corrected chi connectivity index (χ2v) is 5.26. The summed E-state index contributed by atoms with van der Waals surface area (Å²) in [6, 6.07) is 0. The molecule has 1 heterocycles. The van der Waals surface area contributed by atoms with Crippen LogP contribution < -0.4 is 0 Å². The number of hydrogen-bond acceptors (Lipinski definition) is 2. The van der Waals surface area contributed by atoms with Gasteiger partial charge in [-0.3, -0.25) is 0 Å². The fourth-order valence-corrected chi connectivity index (χ4v) is 1.88. The molecule has 2 unspecified atom stereocenters. The summed E-state index contributed by atoms with van der Waals surface area (Å²) in [6.45, 7) is 10.3. The van der Waals surface area contributed by atoms with Crippen molar-refractivity contribution in [1.29, 1.82) is 0 Å². The molecule has 2 atom stereocenters. The number of ether oxygens (including phenoxy) is 1. The largest absolute Gasteiger partial charge is 0.386 e. The van der Waals surface area contributed by atoms with Crippen LogP contribution in [0, 0.1) is 0 Å². The van der Waals surface area contributed by atoms with Gasteiger partial charge < -0.3 is 9.84 Å². The average molecular weight is 236 g/mol. The van der Waals surface area contributed by atoms with Gasteiger partial charge in [-0.1, -0.05) is 23.8 Å². The van der Waals surface area contributed by atoms with Crippen LogP contribution in [0.25, 0.3) is 0 Å². The molecule has 1 saturated heterocycles. The van der Waals surface area contributed by atoms with Crippen molar-refractivity contribution in [3.05, 3.63) is 36.0 Å². The Morgan fingerprint density at radius 3 is 2.88 bits per heavy atom. The molecule has 1 fully saturated rings. The SMILES string of the molecule is C=CC(C)(O)CC/C=C1/COC(C=C(C)C)C1. The summed E-state index contributed by atoms with van der Waals surface area (Å²) in [4.78, 5) is 0. The fraction of sp³-hybridized carbons (Fsp3) is 0.600. The van der Waals surface area contributed by atoms with Crippen LogP contribution >= 0.6 is 0 Å². The first kappa shape index (κ1) is 14.2. The van der Waals surface area contributed by atoms with Crippen molar-refractivity contribution < 1.29 is 9.84 Å². The monoisotopic (exact) mass is 236 g/mol. The Balaban J connectivity index is 2.38. The van der Waals surface area contributed by atoms with E-state index in [0.717, 1.165) is 19.4 Å². The second-order valence-electron chi connectivity index (χ2n) is 5.26. The first-order chi connectivity index (χ1) is 7.93. The van der Waals surface area contributed by atoms with Gasteiger partial charge in [0.25, 0.3) is 0 Å². The minimum Gasteiger partial charge on any atom is -0.386 e. The molecule has 0 aromatic carbocycles. The van der Waals surface area contributed by atoms with Crippen LogP contribution in [0.5, 0.6) is 0 Å². The van der Waals surface area contributed by atoms with Crippen molar-refractivity contribution in [2.75, 3.05) is 6.61 Å². The molecule has 96 valence electrons. The summed E-state index contributed by atoms with van der Waals surface area (Å²) in [5.74, 6) is 0. The first-order valence-corrected chi connectivity index (χ1v) is 6.23. The topological polar surface area (TPSA) is 29.5 Å². The third kappa shape index (κ3) is 5.33. The molecule has 0 saturated carbocycles. The highest BCUT2D eigenvalue weighted by molar-refractivity contribution is 5.14. The molecule has 1 aliphatic heterocycles. The number of aliphatic hydroxyl groups is 1. The van der Waals surface area contributed by atoms with E-state index in [9.17, 15) is 5.11 Å². The van der Waals surface area contributed by atoms with Gasteiger partial charge in [-0.25, -0.2) is 0 Å². The van der Waals surface area contributed by atoms with Gasteiger partial charge in [0, 0.05) is 6.42 Å². The molecule has 0 bridgehead atoms. The predicted molar refractivity (Wildman–Crippen MR) is 71.9 cm³/mol. The third-order valence-corrected chi connectivity index (χ3v) is 2.99. The predicted octanol–water partition coefficient (Wildman–Crippen LogP) is 3.39. The maximum absolute atomic E-state index is 9.78. The summed E-state index contributed by atoms with van der Waals surface area (Å²) in [7, 11) is 0. The summed E-state index contributed by atoms with van der Waals surface area (Å²) in [5, 5.41) is 9.78. The molecule has 2 heteroatoms. The molecule has 0 spiro atoms. The zero-order chi connectivity index (χ0) is 12.9. The zero-order valence-electron chi connectivity index (χ0n) is 11.2. The van der Waals surface area contributed by atoms with Crippen LogP contribution in [0.15, 0.2) is 36.0 Å². The normalized spacial score (nSPS) is 25.6. The van der Waals surface area contributed by atoms with E-state index in [1.54, 1.807) is 13.0 Å². The van der Waals surface area contributed by atoms with Crippen molar-refractivity contribution in [2.24, 2.45) is 0 Å². The molecule has 0 aromatic heterocycles. The van der Waals surface area contributed by atoms with Gasteiger partial charge >= 0.3 is 0 Å². The molecule has 1 rings (SSSR count). The van der Waals surface area contributed by atoms with E-state index in [1.807, 2.05) is 0 Å². The van der Waals surface area contributed by atoms with Crippen LogP contribution in [0.2, 0.25) is 0 Å². The van der Waals surface area contributed by atoms with Gasteiger partial charge in [0.15, 0.2) is 0 Å². The number of allylic oxidation sites excluding steroid dienone is 2. The highest BCUT2D eigenvalue weighted by atomic mass is 16.5. The van der Waals surface area contributed by atoms with Crippen LogP contribution in [0.1, 0.15) is 40.0 Å². The molecule has 1 N–H and O–H groups in total. The maximum atomic E-state index is 9.78. The van der Waals surface area contributed by atoms with Crippen molar-refractivity contribution in [1.82, 2.24) is 0 Å². The smallest absolute Gasteiger partial charge is 0.0800 e. The van der Waals surface area contributed by atoms with E-state index in [-0.39, 0.29) is 6.10 Å². The highest BCUT2D eigenvalue weighted by Gasteiger charge is 2.18. The van der Waals surface area contributed by atoms with Gasteiger partial charge in [-0.2, -0.15) is 0 Å². The Hall–Kier alpha value is -0.860. The lowest BCUT2D eigenvalue weighted by atomic mass is 9.99.